The van der Waals surface area contributed by atoms with Gasteiger partial charge in [0, 0.05) is 12.1 Å². The van der Waals surface area contributed by atoms with Gasteiger partial charge in [0.1, 0.15) is 6.42 Å². The summed E-state index contributed by atoms with van der Waals surface area (Å²) in [5, 5.41) is 0. The third-order valence-corrected chi connectivity index (χ3v) is 4.55. The lowest BCUT2D eigenvalue weighted by Crippen LogP contribution is -2.49. The molecule has 0 aromatic rings. The molecule has 2 amide bonds. The average molecular weight is 293 g/mol. The molecule has 5 heteroatoms. The predicted molar refractivity (Wildman–Crippen MR) is 82.9 cm³/mol. The van der Waals surface area contributed by atoms with Crippen LogP contribution in [0, 0.1) is 0 Å². The molecular formula is C15H28MgN2O2. The maximum Gasteiger partial charge on any atom is 0.316 e. The van der Waals surface area contributed by atoms with E-state index in [1.54, 1.807) is 0 Å². The van der Waals surface area contributed by atoms with Crippen molar-refractivity contribution in [2.45, 2.75) is 82.7 Å². The van der Waals surface area contributed by atoms with E-state index in [1.165, 1.54) is 38.5 Å². The van der Waals surface area contributed by atoms with Crippen molar-refractivity contribution in [3.8, 4) is 0 Å². The van der Waals surface area contributed by atoms with E-state index in [2.05, 4.69) is 0 Å². The van der Waals surface area contributed by atoms with Crippen LogP contribution < -0.4 is 5.73 Å². The Morgan fingerprint density at radius 2 is 1.25 bits per heavy atom. The molecular weight excluding hydrogens is 264 g/mol. The summed E-state index contributed by atoms with van der Waals surface area (Å²) in [7, 11) is 0. The van der Waals surface area contributed by atoms with Crippen LogP contribution in [0.4, 0.5) is 0 Å². The van der Waals surface area contributed by atoms with Gasteiger partial charge in [-0.2, -0.15) is 0 Å². The largest absolute Gasteiger partial charge is 0.369 e. The van der Waals surface area contributed by atoms with Crippen molar-refractivity contribution in [1.82, 2.24) is 4.90 Å². The lowest BCUT2D eigenvalue weighted by Gasteiger charge is -2.41. The standard InChI is InChI=1S/C15H26N2O2.Mg.2H/c16-14(18)11-15(19)17(12-7-3-1-4-8-12)13-9-5-2-6-10-13;;;/h12-13H,1-11H2,(H2,16,18);;;. The van der Waals surface area contributed by atoms with Gasteiger partial charge >= 0.3 is 23.1 Å². The first kappa shape index (κ1) is 17.8. The zero-order valence-corrected chi connectivity index (χ0v) is 11.8. The molecule has 20 heavy (non-hydrogen) atoms. The number of hydrogen-bond donors (Lipinski definition) is 1. The number of carbonyl (C=O) groups is 2. The summed E-state index contributed by atoms with van der Waals surface area (Å²) >= 11 is 0. The van der Waals surface area contributed by atoms with Crippen LogP contribution in [0.5, 0.6) is 0 Å². The van der Waals surface area contributed by atoms with Crippen LogP contribution in [-0.4, -0.2) is 51.9 Å². The number of carbonyl (C=O) groups excluding carboxylic acids is 2. The molecule has 2 aliphatic rings. The van der Waals surface area contributed by atoms with Crippen molar-refractivity contribution in [3.05, 3.63) is 0 Å². The van der Waals surface area contributed by atoms with Gasteiger partial charge in [0.05, 0.1) is 0 Å². The smallest absolute Gasteiger partial charge is 0.316 e. The van der Waals surface area contributed by atoms with Crippen molar-refractivity contribution in [1.29, 1.82) is 0 Å². The highest BCUT2D eigenvalue weighted by atomic mass is 24.3. The molecule has 4 nitrogen and oxygen atoms in total. The molecule has 0 aliphatic heterocycles. The van der Waals surface area contributed by atoms with Gasteiger partial charge in [0.25, 0.3) is 0 Å². The monoisotopic (exact) mass is 292 g/mol. The quantitative estimate of drug-likeness (QED) is 0.629. The fourth-order valence-electron chi connectivity index (χ4n) is 3.66. The van der Waals surface area contributed by atoms with Crippen LogP contribution in [0.3, 0.4) is 0 Å². The Kier molecular flexibility index (Phi) is 7.88. The second kappa shape index (κ2) is 8.87. The Labute approximate surface area is 138 Å². The van der Waals surface area contributed by atoms with Gasteiger partial charge in [0.2, 0.25) is 11.8 Å². The lowest BCUT2D eigenvalue weighted by atomic mass is 9.88. The summed E-state index contributed by atoms with van der Waals surface area (Å²) in [6, 6.07) is 0.701. The second-order valence-corrected chi connectivity index (χ2v) is 6.03. The number of rotatable bonds is 4. The molecule has 0 saturated heterocycles. The molecule has 2 rings (SSSR count). The molecule has 0 bridgehead atoms. The average Bonchev–Trinajstić information content (AvgIpc) is 2.40. The number of nitrogens with two attached hydrogens (primary N) is 1. The van der Waals surface area contributed by atoms with E-state index in [-0.39, 0.29) is 35.4 Å². The molecule has 0 atom stereocenters. The molecule has 0 spiro atoms. The minimum absolute atomic E-state index is 0. The normalized spacial score (nSPS) is 21.0. The molecule has 0 heterocycles. The van der Waals surface area contributed by atoms with Crippen LogP contribution >= 0.6 is 0 Å². The van der Waals surface area contributed by atoms with Crippen molar-refractivity contribution in [3.63, 3.8) is 0 Å². The SMILES string of the molecule is NC(=O)CC(=O)N(C1CCCCC1)C1CCCCC1.[MgH2]. The van der Waals surface area contributed by atoms with Gasteiger partial charge in [-0.3, -0.25) is 9.59 Å². The molecule has 2 N–H and O–H groups in total. The fourth-order valence-corrected chi connectivity index (χ4v) is 3.66. The van der Waals surface area contributed by atoms with Crippen molar-refractivity contribution in [2.24, 2.45) is 5.73 Å². The van der Waals surface area contributed by atoms with Crippen molar-refractivity contribution in [2.75, 3.05) is 0 Å². The summed E-state index contributed by atoms with van der Waals surface area (Å²) in [6.07, 6.45) is 11.7. The molecule has 2 saturated carbocycles. The third-order valence-electron chi connectivity index (χ3n) is 4.55. The van der Waals surface area contributed by atoms with E-state index in [1.807, 2.05) is 4.90 Å². The molecule has 0 unspecified atom stereocenters. The van der Waals surface area contributed by atoms with E-state index in [9.17, 15) is 9.59 Å². The van der Waals surface area contributed by atoms with Gasteiger partial charge < -0.3 is 10.6 Å². The maximum absolute atomic E-state index is 12.4. The van der Waals surface area contributed by atoms with E-state index in [0.717, 1.165) is 25.7 Å². The molecule has 0 radical (unpaired) electrons. The van der Waals surface area contributed by atoms with Gasteiger partial charge in [-0.25, -0.2) is 0 Å². The zero-order valence-electron chi connectivity index (χ0n) is 11.8. The van der Waals surface area contributed by atoms with E-state index < -0.39 is 5.91 Å². The summed E-state index contributed by atoms with van der Waals surface area (Å²) in [4.78, 5) is 25.5. The molecule has 2 aliphatic carbocycles. The first-order valence-corrected chi connectivity index (χ1v) is 7.78. The number of amides is 2. The highest BCUT2D eigenvalue weighted by Gasteiger charge is 2.32. The van der Waals surface area contributed by atoms with Crippen LogP contribution in [0.15, 0.2) is 0 Å². The number of nitrogens with zero attached hydrogens (tertiary/aromatic N) is 1. The van der Waals surface area contributed by atoms with Crippen LogP contribution in [0.1, 0.15) is 70.6 Å². The molecule has 0 aromatic carbocycles. The summed E-state index contributed by atoms with van der Waals surface area (Å²) < 4.78 is 0. The summed E-state index contributed by atoms with van der Waals surface area (Å²) in [5.41, 5.74) is 5.20. The van der Waals surface area contributed by atoms with Gasteiger partial charge in [-0.1, -0.05) is 38.5 Å². The molecule has 112 valence electrons. The predicted octanol–water partition coefficient (Wildman–Crippen LogP) is 1.44. The third kappa shape index (κ3) is 4.92. The van der Waals surface area contributed by atoms with Crippen molar-refractivity contribution < 1.29 is 9.59 Å². The van der Waals surface area contributed by atoms with Crippen LogP contribution in [0.25, 0.3) is 0 Å². The number of hydrogen-bond acceptors (Lipinski definition) is 2. The molecule has 0 aromatic heterocycles. The van der Waals surface area contributed by atoms with E-state index >= 15 is 0 Å². The Morgan fingerprint density at radius 1 is 0.850 bits per heavy atom. The Bertz CT molecular complexity index is 306. The topological polar surface area (TPSA) is 63.4 Å². The van der Waals surface area contributed by atoms with E-state index in [4.69, 9.17) is 5.73 Å². The lowest BCUT2D eigenvalue weighted by molar-refractivity contribution is -0.140. The number of primary amides is 1. The fraction of sp³-hybridized carbons (Fsp3) is 0.867. The van der Waals surface area contributed by atoms with Gasteiger partial charge in [-0.15, -0.1) is 0 Å². The second-order valence-electron chi connectivity index (χ2n) is 6.03. The van der Waals surface area contributed by atoms with Crippen LogP contribution in [0.2, 0.25) is 0 Å². The van der Waals surface area contributed by atoms with Gasteiger partial charge in [0.15, 0.2) is 0 Å². The highest BCUT2D eigenvalue weighted by molar-refractivity contribution is 5.96. The summed E-state index contributed by atoms with van der Waals surface area (Å²) in [6.45, 7) is 0. The Morgan fingerprint density at radius 3 is 1.60 bits per heavy atom. The van der Waals surface area contributed by atoms with Crippen LogP contribution in [-0.2, 0) is 9.59 Å². The maximum atomic E-state index is 12.4. The highest BCUT2D eigenvalue weighted by Crippen LogP contribution is 2.30. The Hall–Kier alpha value is -0.294. The first-order chi connectivity index (χ1) is 9.18. The Balaban J connectivity index is 0.00000200. The van der Waals surface area contributed by atoms with Crippen molar-refractivity contribution >= 4 is 34.9 Å². The van der Waals surface area contributed by atoms with Gasteiger partial charge in [-0.05, 0) is 25.7 Å². The molecule has 2 fully saturated rings. The zero-order chi connectivity index (χ0) is 13.7. The first-order valence-electron chi connectivity index (χ1n) is 7.78. The van der Waals surface area contributed by atoms with E-state index in [0.29, 0.717) is 12.1 Å². The minimum Gasteiger partial charge on any atom is -0.369 e. The summed E-state index contributed by atoms with van der Waals surface area (Å²) in [5.74, 6) is -0.534. The minimum atomic E-state index is -0.499.